The maximum absolute atomic E-state index is 11.6. The van der Waals surface area contributed by atoms with Gasteiger partial charge >= 0.3 is 0 Å². The largest absolute Gasteiger partial charge is 0.399 e. The number of rotatable bonds is 2. The minimum absolute atomic E-state index is 0.0677. The van der Waals surface area contributed by atoms with Gasteiger partial charge in [-0.2, -0.15) is 0 Å². The second-order valence-corrected chi connectivity index (χ2v) is 5.33. The lowest BCUT2D eigenvalue weighted by molar-refractivity contribution is -0.00526. The maximum atomic E-state index is 11.6. The molecule has 1 saturated heterocycles. The predicted molar refractivity (Wildman–Crippen MR) is 76.6 cm³/mol. The molecule has 1 fully saturated rings. The Balaban J connectivity index is 2.46. The van der Waals surface area contributed by atoms with Crippen LogP contribution in [0.4, 0.5) is 11.4 Å². The summed E-state index contributed by atoms with van der Waals surface area (Å²) in [4.78, 5) is 13.6. The number of carbonyl (C=O) groups is 1. The highest BCUT2D eigenvalue weighted by atomic mass is 35.5. The van der Waals surface area contributed by atoms with E-state index in [0.717, 1.165) is 0 Å². The van der Waals surface area contributed by atoms with Crippen molar-refractivity contribution < 1.29 is 9.53 Å². The van der Waals surface area contributed by atoms with Gasteiger partial charge in [0.2, 0.25) is 0 Å². The zero-order valence-corrected chi connectivity index (χ0v) is 11.8. The molecule has 1 aliphatic rings. The fourth-order valence-electron chi connectivity index (χ4n) is 2.49. The van der Waals surface area contributed by atoms with Crippen LogP contribution in [0.25, 0.3) is 0 Å². The minimum Gasteiger partial charge on any atom is -0.399 e. The second kappa shape index (κ2) is 5.27. The number of hydrogen-bond donors (Lipinski definition) is 2. The Kier molecular flexibility index (Phi) is 3.87. The average Bonchev–Trinajstić information content (AvgIpc) is 2.25. The van der Waals surface area contributed by atoms with Gasteiger partial charge in [-0.05, 0) is 26.0 Å². The number of morpholine rings is 1. The molecule has 2 rings (SSSR count). The molecular weight excluding hydrogens is 266 g/mol. The second-order valence-electron chi connectivity index (χ2n) is 4.93. The molecule has 1 aromatic carbocycles. The Bertz CT molecular complexity index is 497. The predicted octanol–water partition coefficient (Wildman–Crippen LogP) is 1.63. The van der Waals surface area contributed by atoms with Crippen LogP contribution in [0.1, 0.15) is 24.2 Å². The lowest BCUT2D eigenvalue weighted by Crippen LogP contribution is -2.46. The van der Waals surface area contributed by atoms with Crippen molar-refractivity contribution in [3.8, 4) is 0 Å². The van der Waals surface area contributed by atoms with Crippen molar-refractivity contribution >= 4 is 28.9 Å². The molecule has 5 nitrogen and oxygen atoms in total. The number of primary amides is 1. The van der Waals surface area contributed by atoms with E-state index in [2.05, 4.69) is 0 Å². The number of carbonyl (C=O) groups excluding carboxylic acids is 1. The summed E-state index contributed by atoms with van der Waals surface area (Å²) >= 11 is 6.24. The van der Waals surface area contributed by atoms with Crippen LogP contribution >= 0.6 is 11.6 Å². The number of anilines is 2. The van der Waals surface area contributed by atoms with E-state index in [-0.39, 0.29) is 12.2 Å². The number of ether oxygens (including phenoxy) is 1. The fourth-order valence-corrected chi connectivity index (χ4v) is 2.84. The first-order valence-corrected chi connectivity index (χ1v) is 6.55. The van der Waals surface area contributed by atoms with Gasteiger partial charge in [0.1, 0.15) is 0 Å². The van der Waals surface area contributed by atoms with E-state index in [4.69, 9.17) is 27.8 Å². The van der Waals surface area contributed by atoms with Gasteiger partial charge in [0.25, 0.3) is 5.91 Å². The Morgan fingerprint density at radius 1 is 1.37 bits per heavy atom. The van der Waals surface area contributed by atoms with Gasteiger partial charge in [-0.1, -0.05) is 11.6 Å². The van der Waals surface area contributed by atoms with Gasteiger partial charge in [0.05, 0.1) is 28.5 Å². The summed E-state index contributed by atoms with van der Waals surface area (Å²) in [5.74, 6) is -0.531. The van der Waals surface area contributed by atoms with Crippen LogP contribution in [0, 0.1) is 0 Å². The van der Waals surface area contributed by atoms with Crippen molar-refractivity contribution in [3.63, 3.8) is 0 Å². The number of nitrogens with two attached hydrogens (primary N) is 2. The van der Waals surface area contributed by atoms with E-state index < -0.39 is 5.91 Å². The lowest BCUT2D eigenvalue weighted by atomic mass is 10.1. The molecule has 1 aliphatic heterocycles. The number of hydrogen-bond acceptors (Lipinski definition) is 4. The quantitative estimate of drug-likeness (QED) is 0.809. The molecule has 0 radical (unpaired) electrons. The monoisotopic (exact) mass is 283 g/mol. The zero-order valence-electron chi connectivity index (χ0n) is 11.0. The molecule has 4 N–H and O–H groups in total. The van der Waals surface area contributed by atoms with Crippen molar-refractivity contribution in [3.05, 3.63) is 22.7 Å². The number of halogens is 1. The highest BCUT2D eigenvalue weighted by Crippen LogP contribution is 2.34. The molecule has 0 spiro atoms. The van der Waals surface area contributed by atoms with Gasteiger partial charge < -0.3 is 21.1 Å². The van der Waals surface area contributed by atoms with Gasteiger partial charge in [-0.3, -0.25) is 4.79 Å². The fraction of sp³-hybridized carbons (Fsp3) is 0.462. The third kappa shape index (κ3) is 2.93. The summed E-state index contributed by atoms with van der Waals surface area (Å²) in [7, 11) is 0. The Labute approximate surface area is 117 Å². The Hall–Kier alpha value is -1.46. The topological polar surface area (TPSA) is 81.6 Å². The molecule has 1 amide bonds. The van der Waals surface area contributed by atoms with Gasteiger partial charge in [-0.15, -0.1) is 0 Å². The first kappa shape index (κ1) is 14.0. The van der Waals surface area contributed by atoms with Crippen LogP contribution in [0.3, 0.4) is 0 Å². The van der Waals surface area contributed by atoms with E-state index in [9.17, 15) is 4.79 Å². The lowest BCUT2D eigenvalue weighted by Gasteiger charge is -2.38. The van der Waals surface area contributed by atoms with Crippen LogP contribution in [-0.4, -0.2) is 31.2 Å². The minimum atomic E-state index is -0.531. The summed E-state index contributed by atoms with van der Waals surface area (Å²) in [6.45, 7) is 5.29. The van der Waals surface area contributed by atoms with E-state index in [1.807, 2.05) is 18.7 Å². The SMILES string of the molecule is C[C@@H]1CN(c2c(Cl)cc(N)cc2C(N)=O)C[C@H](C)O1. The van der Waals surface area contributed by atoms with Gasteiger partial charge in [0.15, 0.2) is 0 Å². The van der Waals surface area contributed by atoms with Crippen molar-refractivity contribution in [2.45, 2.75) is 26.1 Å². The molecule has 0 unspecified atom stereocenters. The van der Waals surface area contributed by atoms with Crippen LogP contribution in [0.5, 0.6) is 0 Å². The number of nitrogens with zero attached hydrogens (tertiary/aromatic N) is 1. The molecule has 0 aliphatic carbocycles. The molecule has 6 heteroatoms. The van der Waals surface area contributed by atoms with Crippen molar-refractivity contribution in [2.24, 2.45) is 5.73 Å². The normalized spacial score (nSPS) is 23.4. The van der Waals surface area contributed by atoms with Gasteiger partial charge in [-0.25, -0.2) is 0 Å². The Morgan fingerprint density at radius 2 is 1.95 bits per heavy atom. The summed E-state index contributed by atoms with van der Waals surface area (Å²) in [5.41, 5.74) is 12.6. The van der Waals surface area contributed by atoms with Crippen molar-refractivity contribution in [1.82, 2.24) is 0 Å². The van der Waals surface area contributed by atoms with Crippen LogP contribution in [0.15, 0.2) is 12.1 Å². The first-order valence-electron chi connectivity index (χ1n) is 6.17. The molecule has 0 saturated carbocycles. The van der Waals surface area contributed by atoms with E-state index in [0.29, 0.717) is 35.1 Å². The van der Waals surface area contributed by atoms with Crippen molar-refractivity contribution in [2.75, 3.05) is 23.7 Å². The van der Waals surface area contributed by atoms with Crippen LogP contribution in [0.2, 0.25) is 5.02 Å². The van der Waals surface area contributed by atoms with Gasteiger partial charge in [0, 0.05) is 18.8 Å². The van der Waals surface area contributed by atoms with Crippen LogP contribution in [-0.2, 0) is 4.74 Å². The van der Waals surface area contributed by atoms with E-state index in [1.54, 1.807) is 12.1 Å². The van der Waals surface area contributed by atoms with E-state index in [1.165, 1.54) is 0 Å². The highest BCUT2D eigenvalue weighted by molar-refractivity contribution is 6.34. The molecule has 104 valence electrons. The van der Waals surface area contributed by atoms with E-state index >= 15 is 0 Å². The molecule has 1 heterocycles. The smallest absolute Gasteiger partial charge is 0.250 e. The Morgan fingerprint density at radius 3 is 2.47 bits per heavy atom. The molecule has 1 aromatic rings. The average molecular weight is 284 g/mol. The third-order valence-corrected chi connectivity index (χ3v) is 3.38. The molecule has 19 heavy (non-hydrogen) atoms. The summed E-state index contributed by atoms with van der Waals surface area (Å²) in [5, 5.41) is 0.440. The van der Waals surface area contributed by atoms with Crippen molar-refractivity contribution in [1.29, 1.82) is 0 Å². The number of nitrogen functional groups attached to an aromatic ring is 1. The third-order valence-electron chi connectivity index (χ3n) is 3.09. The maximum Gasteiger partial charge on any atom is 0.250 e. The molecule has 0 bridgehead atoms. The summed E-state index contributed by atoms with van der Waals surface area (Å²) < 4.78 is 5.68. The van der Waals surface area contributed by atoms with Crippen LogP contribution < -0.4 is 16.4 Å². The summed E-state index contributed by atoms with van der Waals surface area (Å²) in [6.07, 6.45) is 0.135. The molecular formula is C13H18ClN3O2. The highest BCUT2D eigenvalue weighted by Gasteiger charge is 2.27. The number of amides is 1. The molecule has 2 atom stereocenters. The molecule has 0 aromatic heterocycles. The standard InChI is InChI=1S/C13H18ClN3O2/c1-7-5-17(6-8(2)19-7)12-10(13(16)18)3-9(15)4-11(12)14/h3-4,7-8H,5-6,15H2,1-2H3,(H2,16,18)/t7-,8+. The number of benzene rings is 1. The zero-order chi connectivity index (χ0) is 14.2. The first-order chi connectivity index (χ1) is 8.88. The summed E-state index contributed by atoms with van der Waals surface area (Å²) in [6, 6.07) is 3.20.